The van der Waals surface area contributed by atoms with Gasteiger partial charge in [0.15, 0.2) is 0 Å². The third-order valence-electron chi connectivity index (χ3n) is 2.60. The number of hydrogen-bond donors (Lipinski definition) is 1. The summed E-state index contributed by atoms with van der Waals surface area (Å²) in [6.07, 6.45) is 2.68. The van der Waals surface area contributed by atoms with E-state index in [1.807, 2.05) is 18.2 Å². The summed E-state index contributed by atoms with van der Waals surface area (Å²) in [5, 5.41) is 3.81. The fourth-order valence-electron chi connectivity index (χ4n) is 1.86. The zero-order chi connectivity index (χ0) is 12.4. The minimum absolute atomic E-state index is 0.0832. The topological polar surface area (TPSA) is 42.0 Å². The third kappa shape index (κ3) is 2.31. The quantitative estimate of drug-likeness (QED) is 0.920. The summed E-state index contributed by atoms with van der Waals surface area (Å²) in [4.78, 5) is 15.6. The van der Waals surface area contributed by atoms with Gasteiger partial charge in [0.05, 0.1) is 11.2 Å². The summed E-state index contributed by atoms with van der Waals surface area (Å²) < 4.78 is 0.894. The van der Waals surface area contributed by atoms with Crippen LogP contribution in [-0.4, -0.2) is 10.9 Å². The summed E-state index contributed by atoms with van der Waals surface area (Å²) in [5.74, 6) is -0.0832. The highest BCUT2D eigenvalue weighted by Gasteiger charge is 2.11. The second kappa shape index (κ2) is 4.84. The molecule has 17 heavy (non-hydrogen) atoms. The van der Waals surface area contributed by atoms with Crippen molar-refractivity contribution in [3.8, 4) is 0 Å². The molecule has 3 nitrogen and oxygen atoms in total. The number of halogens is 1. The number of nitrogens with one attached hydrogen (secondary N) is 1. The molecule has 2 aromatic rings. The largest absolute Gasteiger partial charge is 0.325 e. The van der Waals surface area contributed by atoms with E-state index in [1.54, 1.807) is 6.20 Å². The predicted octanol–water partition coefficient (Wildman–Crippen LogP) is 3.52. The molecule has 1 heterocycles. The van der Waals surface area contributed by atoms with Crippen LogP contribution in [-0.2, 0) is 11.2 Å². The SMILES string of the molecule is CCc1cc(Br)c(NC(C)=O)c2cccnc12. The molecule has 0 unspecified atom stereocenters. The number of hydrogen-bond acceptors (Lipinski definition) is 2. The Hall–Kier alpha value is -1.42. The number of anilines is 1. The molecule has 0 aliphatic carbocycles. The molecule has 0 bridgehead atoms. The van der Waals surface area contributed by atoms with Crippen LogP contribution in [0.15, 0.2) is 28.9 Å². The highest BCUT2D eigenvalue weighted by Crippen LogP contribution is 2.33. The van der Waals surface area contributed by atoms with Gasteiger partial charge in [-0.2, -0.15) is 0 Å². The number of pyridine rings is 1. The van der Waals surface area contributed by atoms with Crippen LogP contribution in [0, 0.1) is 0 Å². The van der Waals surface area contributed by atoms with Crippen LogP contribution in [0.5, 0.6) is 0 Å². The molecule has 1 N–H and O–H groups in total. The highest BCUT2D eigenvalue weighted by atomic mass is 79.9. The Morgan fingerprint density at radius 3 is 2.94 bits per heavy atom. The van der Waals surface area contributed by atoms with Gasteiger partial charge < -0.3 is 5.32 Å². The Morgan fingerprint density at radius 1 is 1.53 bits per heavy atom. The third-order valence-corrected chi connectivity index (χ3v) is 3.23. The van der Waals surface area contributed by atoms with Crippen molar-refractivity contribution in [1.29, 1.82) is 0 Å². The molecule has 4 heteroatoms. The number of carbonyl (C=O) groups is 1. The fourth-order valence-corrected chi connectivity index (χ4v) is 2.45. The molecule has 1 aromatic carbocycles. The second-order valence-corrected chi connectivity index (χ2v) is 4.68. The molecular formula is C13H13BrN2O. The zero-order valence-corrected chi connectivity index (χ0v) is 11.3. The molecule has 0 aliphatic rings. The van der Waals surface area contributed by atoms with Crippen molar-refractivity contribution >= 4 is 38.4 Å². The molecule has 0 saturated heterocycles. The number of nitrogens with zero attached hydrogens (tertiary/aromatic N) is 1. The van der Waals surface area contributed by atoms with Gasteiger partial charge in [-0.1, -0.05) is 6.92 Å². The van der Waals surface area contributed by atoms with E-state index in [0.717, 1.165) is 27.5 Å². The molecule has 0 atom stereocenters. The first-order valence-electron chi connectivity index (χ1n) is 5.47. The smallest absolute Gasteiger partial charge is 0.221 e. The molecule has 1 aromatic heterocycles. The Labute approximate surface area is 108 Å². The van der Waals surface area contributed by atoms with E-state index in [9.17, 15) is 4.79 Å². The lowest BCUT2D eigenvalue weighted by molar-refractivity contribution is -0.114. The monoisotopic (exact) mass is 292 g/mol. The van der Waals surface area contributed by atoms with Gasteiger partial charge in [-0.05, 0) is 46.1 Å². The number of benzene rings is 1. The normalized spacial score (nSPS) is 10.5. The van der Waals surface area contributed by atoms with Gasteiger partial charge in [0.1, 0.15) is 0 Å². The molecule has 88 valence electrons. The number of amides is 1. The Morgan fingerprint density at radius 2 is 2.29 bits per heavy atom. The van der Waals surface area contributed by atoms with Crippen molar-refractivity contribution in [3.63, 3.8) is 0 Å². The molecule has 0 radical (unpaired) electrons. The van der Waals surface area contributed by atoms with Crippen LogP contribution in [0.3, 0.4) is 0 Å². The maximum atomic E-state index is 11.2. The van der Waals surface area contributed by atoms with Crippen LogP contribution in [0.2, 0.25) is 0 Å². The molecule has 0 saturated carbocycles. The Balaban J connectivity index is 2.75. The molecule has 0 spiro atoms. The first-order chi connectivity index (χ1) is 8.13. The van der Waals surface area contributed by atoms with Crippen LogP contribution in [0.1, 0.15) is 19.4 Å². The molecule has 2 rings (SSSR count). The van der Waals surface area contributed by atoms with Gasteiger partial charge in [0, 0.05) is 23.0 Å². The van der Waals surface area contributed by atoms with E-state index in [0.29, 0.717) is 0 Å². The van der Waals surface area contributed by atoms with Gasteiger partial charge in [-0.15, -0.1) is 0 Å². The minimum Gasteiger partial charge on any atom is -0.325 e. The first-order valence-corrected chi connectivity index (χ1v) is 6.26. The van der Waals surface area contributed by atoms with Crippen LogP contribution in [0.25, 0.3) is 10.9 Å². The summed E-state index contributed by atoms with van der Waals surface area (Å²) in [7, 11) is 0. The predicted molar refractivity (Wildman–Crippen MR) is 73.1 cm³/mol. The van der Waals surface area contributed by atoms with Gasteiger partial charge in [-0.3, -0.25) is 9.78 Å². The van der Waals surface area contributed by atoms with E-state index >= 15 is 0 Å². The van der Waals surface area contributed by atoms with E-state index < -0.39 is 0 Å². The summed E-state index contributed by atoms with van der Waals surface area (Å²) in [5.41, 5.74) is 2.90. The fraction of sp³-hybridized carbons (Fsp3) is 0.231. The Kier molecular flexibility index (Phi) is 3.43. The summed E-state index contributed by atoms with van der Waals surface area (Å²) in [6, 6.07) is 5.86. The van der Waals surface area contributed by atoms with Gasteiger partial charge >= 0.3 is 0 Å². The van der Waals surface area contributed by atoms with Gasteiger partial charge in [0.25, 0.3) is 0 Å². The van der Waals surface area contributed by atoms with E-state index in [1.165, 1.54) is 12.5 Å². The van der Waals surface area contributed by atoms with E-state index in [2.05, 4.69) is 33.2 Å². The molecule has 0 fully saturated rings. The number of aromatic nitrogens is 1. The molecule has 1 amide bonds. The summed E-state index contributed by atoms with van der Waals surface area (Å²) in [6.45, 7) is 3.59. The van der Waals surface area contributed by atoms with Crippen LogP contribution in [0.4, 0.5) is 5.69 Å². The number of fused-ring (bicyclic) bond motifs is 1. The van der Waals surface area contributed by atoms with Gasteiger partial charge in [0.2, 0.25) is 5.91 Å². The average molecular weight is 293 g/mol. The molecule has 0 aliphatic heterocycles. The standard InChI is InChI=1S/C13H13BrN2O/c1-3-9-7-11(14)13(16-8(2)17)10-5-4-6-15-12(9)10/h4-7H,3H2,1-2H3,(H,16,17). The minimum atomic E-state index is -0.0832. The number of rotatable bonds is 2. The lowest BCUT2D eigenvalue weighted by atomic mass is 10.1. The van der Waals surface area contributed by atoms with Crippen molar-refractivity contribution in [1.82, 2.24) is 4.98 Å². The van der Waals surface area contributed by atoms with E-state index in [4.69, 9.17) is 0 Å². The van der Waals surface area contributed by atoms with Crippen molar-refractivity contribution in [2.24, 2.45) is 0 Å². The van der Waals surface area contributed by atoms with Crippen molar-refractivity contribution < 1.29 is 4.79 Å². The Bertz CT molecular complexity index is 581. The van der Waals surface area contributed by atoms with E-state index in [-0.39, 0.29) is 5.91 Å². The van der Waals surface area contributed by atoms with Gasteiger partial charge in [-0.25, -0.2) is 0 Å². The maximum Gasteiger partial charge on any atom is 0.221 e. The van der Waals surface area contributed by atoms with Crippen LogP contribution >= 0.6 is 15.9 Å². The summed E-state index contributed by atoms with van der Waals surface area (Å²) >= 11 is 3.50. The number of aryl methyl sites for hydroxylation is 1. The zero-order valence-electron chi connectivity index (χ0n) is 9.75. The first kappa shape index (κ1) is 12.0. The second-order valence-electron chi connectivity index (χ2n) is 3.83. The lowest BCUT2D eigenvalue weighted by Gasteiger charge is -2.12. The van der Waals surface area contributed by atoms with Crippen molar-refractivity contribution in [2.45, 2.75) is 20.3 Å². The van der Waals surface area contributed by atoms with Crippen molar-refractivity contribution in [3.05, 3.63) is 34.4 Å². The molecular weight excluding hydrogens is 280 g/mol. The highest BCUT2D eigenvalue weighted by molar-refractivity contribution is 9.10. The maximum absolute atomic E-state index is 11.2. The lowest BCUT2D eigenvalue weighted by Crippen LogP contribution is -2.07. The van der Waals surface area contributed by atoms with Crippen LogP contribution < -0.4 is 5.32 Å². The van der Waals surface area contributed by atoms with Crippen molar-refractivity contribution in [2.75, 3.05) is 5.32 Å². The number of carbonyl (C=O) groups excluding carboxylic acids is 1. The average Bonchev–Trinajstić information content (AvgIpc) is 2.32.